The second-order valence-electron chi connectivity index (χ2n) is 6.27. The predicted molar refractivity (Wildman–Crippen MR) is 82.7 cm³/mol. The van der Waals surface area contributed by atoms with Crippen LogP contribution in [0, 0.1) is 29.8 Å². The molecular formula is C18H30O. The van der Waals surface area contributed by atoms with E-state index in [-0.39, 0.29) is 0 Å². The van der Waals surface area contributed by atoms with Gasteiger partial charge in [0.1, 0.15) is 12.2 Å². The van der Waals surface area contributed by atoms with Crippen molar-refractivity contribution in [2.75, 3.05) is 0 Å². The Morgan fingerprint density at radius 1 is 1.32 bits per heavy atom. The van der Waals surface area contributed by atoms with Crippen molar-refractivity contribution in [3.05, 3.63) is 12.2 Å². The molecule has 0 aromatic carbocycles. The van der Waals surface area contributed by atoms with Gasteiger partial charge in [0.15, 0.2) is 0 Å². The average Bonchev–Trinajstić information content (AvgIpc) is 2.37. The first-order valence-electron chi connectivity index (χ1n) is 7.96. The maximum atomic E-state index is 5.82. The molecule has 0 spiro atoms. The zero-order valence-corrected chi connectivity index (χ0v) is 13.1. The van der Waals surface area contributed by atoms with Crippen LogP contribution in [0.1, 0.15) is 66.2 Å². The van der Waals surface area contributed by atoms with Gasteiger partial charge in [-0.15, -0.1) is 0 Å². The van der Waals surface area contributed by atoms with E-state index < -0.39 is 0 Å². The number of rotatable bonds is 5. The largest absolute Gasteiger partial charge is 0.443 e. The third-order valence-electron chi connectivity index (χ3n) is 4.16. The highest BCUT2D eigenvalue weighted by atomic mass is 16.5. The first-order chi connectivity index (χ1) is 9.15. The third kappa shape index (κ3) is 6.19. The molecule has 0 radical (unpaired) electrons. The molecule has 0 amide bonds. The van der Waals surface area contributed by atoms with Gasteiger partial charge in [-0.1, -0.05) is 53.0 Å². The lowest BCUT2D eigenvalue weighted by atomic mass is 9.75. The van der Waals surface area contributed by atoms with Crippen molar-refractivity contribution < 1.29 is 4.74 Å². The third-order valence-corrected chi connectivity index (χ3v) is 4.16. The lowest BCUT2D eigenvalue weighted by molar-refractivity contribution is 0.0252. The highest BCUT2D eigenvalue weighted by Gasteiger charge is 2.31. The van der Waals surface area contributed by atoms with E-state index in [1.807, 2.05) is 6.08 Å². The van der Waals surface area contributed by atoms with Crippen molar-refractivity contribution in [3.63, 3.8) is 0 Å². The highest BCUT2D eigenvalue weighted by Crippen LogP contribution is 2.35. The molecule has 1 heteroatoms. The van der Waals surface area contributed by atoms with Crippen LogP contribution in [0.4, 0.5) is 0 Å². The molecule has 1 rings (SSSR count). The summed E-state index contributed by atoms with van der Waals surface area (Å²) in [5, 5.41) is 0. The molecule has 1 saturated carbocycles. The highest BCUT2D eigenvalue weighted by molar-refractivity contribution is 5.12. The standard InChI is InChI=1S/C18H30O/c1-5-6-7-8-9-10-13-19-18-14-16(4)11-12-17(18)15(2)3/h8-9,15-18H,5-7,11-12,14H2,1-4H3/b9-8-/t16-,17+,18-/m1/s1. The van der Waals surface area contributed by atoms with Crippen LogP contribution < -0.4 is 0 Å². The van der Waals surface area contributed by atoms with Crippen molar-refractivity contribution in [1.82, 2.24) is 0 Å². The van der Waals surface area contributed by atoms with Gasteiger partial charge in [0, 0.05) is 0 Å². The molecule has 0 aliphatic heterocycles. The van der Waals surface area contributed by atoms with Crippen molar-refractivity contribution >= 4 is 0 Å². The maximum absolute atomic E-state index is 5.82. The normalized spacial score (nSPS) is 27.3. The first kappa shape index (κ1) is 16.2. The fourth-order valence-corrected chi connectivity index (χ4v) is 2.86. The number of hydrogen-bond acceptors (Lipinski definition) is 1. The molecule has 0 saturated heterocycles. The van der Waals surface area contributed by atoms with Crippen LogP contribution in [0.15, 0.2) is 12.2 Å². The van der Waals surface area contributed by atoms with E-state index in [4.69, 9.17) is 4.74 Å². The molecule has 0 heterocycles. The Hall–Kier alpha value is -0.900. The van der Waals surface area contributed by atoms with E-state index in [9.17, 15) is 0 Å². The molecule has 19 heavy (non-hydrogen) atoms. The van der Waals surface area contributed by atoms with Crippen molar-refractivity contribution in [3.8, 4) is 12.0 Å². The quantitative estimate of drug-likeness (QED) is 0.490. The number of unbranched alkanes of at least 4 members (excludes halogenated alkanes) is 2. The Bertz CT molecular complexity index is 318. The van der Waals surface area contributed by atoms with Gasteiger partial charge in [-0.05, 0) is 49.0 Å². The smallest absolute Gasteiger partial charge is 0.115 e. The van der Waals surface area contributed by atoms with Crippen LogP contribution in [0.3, 0.4) is 0 Å². The molecule has 0 aromatic rings. The molecule has 0 unspecified atom stereocenters. The molecule has 3 atom stereocenters. The Morgan fingerprint density at radius 2 is 2.11 bits per heavy atom. The predicted octanol–water partition coefficient (Wildman–Crippen LogP) is 5.17. The van der Waals surface area contributed by atoms with Gasteiger partial charge in [0.05, 0.1) is 0 Å². The fourth-order valence-electron chi connectivity index (χ4n) is 2.86. The van der Waals surface area contributed by atoms with Gasteiger partial charge in [-0.3, -0.25) is 0 Å². The zero-order valence-electron chi connectivity index (χ0n) is 13.1. The minimum Gasteiger partial charge on any atom is -0.443 e. The maximum Gasteiger partial charge on any atom is 0.115 e. The topological polar surface area (TPSA) is 9.23 Å². The molecule has 1 aliphatic carbocycles. The van der Waals surface area contributed by atoms with Crippen LogP contribution in [0.5, 0.6) is 0 Å². The summed E-state index contributed by atoms with van der Waals surface area (Å²) in [5.41, 5.74) is 0. The summed E-state index contributed by atoms with van der Waals surface area (Å²) in [4.78, 5) is 0. The molecule has 1 nitrogen and oxygen atoms in total. The van der Waals surface area contributed by atoms with Gasteiger partial charge in [0.25, 0.3) is 0 Å². The first-order valence-corrected chi connectivity index (χ1v) is 7.96. The minimum absolute atomic E-state index is 0.334. The molecule has 0 aromatic heterocycles. The summed E-state index contributed by atoms with van der Waals surface area (Å²) in [6.07, 6.45) is 14.7. The number of allylic oxidation sites excluding steroid dienone is 2. The molecule has 1 fully saturated rings. The van der Waals surface area contributed by atoms with E-state index in [0.717, 1.165) is 18.8 Å². The fraction of sp³-hybridized carbons (Fsp3) is 0.778. The summed E-state index contributed by atoms with van der Waals surface area (Å²) in [6, 6.07) is 0. The van der Waals surface area contributed by atoms with E-state index in [2.05, 4.69) is 45.8 Å². The number of hydrogen-bond donors (Lipinski definition) is 0. The summed E-state index contributed by atoms with van der Waals surface area (Å²) in [6.45, 7) is 9.13. The molecular weight excluding hydrogens is 232 g/mol. The van der Waals surface area contributed by atoms with E-state index in [1.165, 1.54) is 25.7 Å². The summed E-state index contributed by atoms with van der Waals surface area (Å²) in [5.74, 6) is 5.16. The Kier molecular flexibility index (Phi) is 7.72. The van der Waals surface area contributed by atoms with Crippen LogP contribution in [-0.4, -0.2) is 6.10 Å². The summed E-state index contributed by atoms with van der Waals surface area (Å²) < 4.78 is 5.82. The lowest BCUT2D eigenvalue weighted by Crippen LogP contribution is -2.33. The second kappa shape index (κ2) is 9.08. The second-order valence-corrected chi connectivity index (χ2v) is 6.27. The minimum atomic E-state index is 0.334. The Labute approximate surface area is 119 Å². The summed E-state index contributed by atoms with van der Waals surface area (Å²) >= 11 is 0. The Balaban J connectivity index is 2.40. The van der Waals surface area contributed by atoms with Crippen LogP contribution in [0.2, 0.25) is 0 Å². The molecule has 108 valence electrons. The lowest BCUT2D eigenvalue weighted by Gasteiger charge is -2.35. The van der Waals surface area contributed by atoms with Gasteiger partial charge in [-0.2, -0.15) is 0 Å². The monoisotopic (exact) mass is 262 g/mol. The van der Waals surface area contributed by atoms with Crippen LogP contribution in [0.25, 0.3) is 0 Å². The van der Waals surface area contributed by atoms with E-state index >= 15 is 0 Å². The van der Waals surface area contributed by atoms with Crippen molar-refractivity contribution in [2.24, 2.45) is 17.8 Å². The average molecular weight is 262 g/mol. The number of ether oxygens (including phenoxy) is 1. The molecule has 1 aliphatic rings. The van der Waals surface area contributed by atoms with Crippen molar-refractivity contribution in [1.29, 1.82) is 0 Å². The van der Waals surface area contributed by atoms with Crippen LogP contribution >= 0.6 is 0 Å². The van der Waals surface area contributed by atoms with Gasteiger partial charge in [-0.25, -0.2) is 0 Å². The van der Waals surface area contributed by atoms with E-state index in [0.29, 0.717) is 17.9 Å². The zero-order chi connectivity index (χ0) is 14.1. The van der Waals surface area contributed by atoms with Crippen molar-refractivity contribution in [2.45, 2.75) is 72.3 Å². The van der Waals surface area contributed by atoms with E-state index in [1.54, 1.807) is 0 Å². The Morgan fingerprint density at radius 3 is 2.79 bits per heavy atom. The van der Waals surface area contributed by atoms with Gasteiger partial charge >= 0.3 is 0 Å². The molecule has 0 N–H and O–H groups in total. The van der Waals surface area contributed by atoms with Gasteiger partial charge < -0.3 is 4.74 Å². The molecule has 0 bridgehead atoms. The SMILES string of the molecule is CCCC/C=C\C#CO[C@@H]1C[C@H](C)CC[C@H]1C(C)C. The van der Waals surface area contributed by atoms with Gasteiger partial charge in [0.2, 0.25) is 0 Å². The summed E-state index contributed by atoms with van der Waals surface area (Å²) in [7, 11) is 0. The van der Waals surface area contributed by atoms with Crippen LogP contribution in [-0.2, 0) is 4.74 Å².